The van der Waals surface area contributed by atoms with E-state index in [1.54, 1.807) is 24.3 Å². The molecule has 2 aliphatic rings. The Kier molecular flexibility index (Phi) is 6.87. The summed E-state index contributed by atoms with van der Waals surface area (Å²) < 4.78 is 54.0. The first-order valence-electron chi connectivity index (χ1n) is 10.2. The molecule has 174 valence electrons. The van der Waals surface area contributed by atoms with Crippen LogP contribution in [0.2, 0.25) is 5.02 Å². The van der Waals surface area contributed by atoms with Gasteiger partial charge in [0.05, 0.1) is 25.1 Å². The zero-order valence-corrected chi connectivity index (χ0v) is 17.7. The molecule has 4 rings (SSSR count). The first-order chi connectivity index (χ1) is 15.2. The summed E-state index contributed by atoms with van der Waals surface area (Å²) in [6.45, 7) is -0.314. The number of alkyl halides is 3. The third-order valence-electron chi connectivity index (χ3n) is 5.27. The summed E-state index contributed by atoms with van der Waals surface area (Å²) in [5.41, 5.74) is 0. The third kappa shape index (κ3) is 6.11. The Balaban J connectivity index is 1.17. The fourth-order valence-corrected chi connectivity index (χ4v) is 3.79. The van der Waals surface area contributed by atoms with Gasteiger partial charge in [0, 0.05) is 18.1 Å². The van der Waals surface area contributed by atoms with Crippen molar-refractivity contribution in [2.75, 3.05) is 32.8 Å². The van der Waals surface area contributed by atoms with Crippen LogP contribution in [-0.2, 0) is 9.53 Å². The highest BCUT2D eigenvalue weighted by Crippen LogP contribution is 2.32. The van der Waals surface area contributed by atoms with Crippen LogP contribution >= 0.6 is 11.6 Å². The fraction of sp³-hybridized carbons (Fsp3) is 0.550. The monoisotopic (exact) mass is 474 g/mol. The van der Waals surface area contributed by atoms with Gasteiger partial charge >= 0.3 is 6.18 Å². The second-order valence-corrected chi connectivity index (χ2v) is 8.33. The molecule has 1 N–H and O–H groups in total. The summed E-state index contributed by atoms with van der Waals surface area (Å²) in [6, 6.07) is 6.55. The van der Waals surface area contributed by atoms with Gasteiger partial charge in [0.25, 0.3) is 5.91 Å². The van der Waals surface area contributed by atoms with Crippen LogP contribution in [0.15, 0.2) is 28.7 Å². The Bertz CT molecular complexity index is 910. The number of hydrogen-bond acceptors (Lipinski definition) is 7. The van der Waals surface area contributed by atoms with Gasteiger partial charge in [-0.15, -0.1) is 10.2 Å². The molecule has 8 nitrogen and oxygen atoms in total. The smallest absolute Gasteiger partial charge is 0.401 e. The largest absolute Gasteiger partial charge is 0.484 e. The minimum Gasteiger partial charge on any atom is -0.484 e. The van der Waals surface area contributed by atoms with Gasteiger partial charge in [-0.1, -0.05) is 11.6 Å². The average molecular weight is 475 g/mol. The van der Waals surface area contributed by atoms with Crippen LogP contribution < -0.4 is 10.1 Å². The van der Waals surface area contributed by atoms with Crippen LogP contribution in [0, 0.1) is 0 Å². The van der Waals surface area contributed by atoms with Gasteiger partial charge in [-0.05, 0) is 37.1 Å². The van der Waals surface area contributed by atoms with Crippen molar-refractivity contribution in [1.29, 1.82) is 0 Å². The van der Waals surface area contributed by atoms with Crippen LogP contribution in [0.1, 0.15) is 36.6 Å². The van der Waals surface area contributed by atoms with E-state index in [1.807, 2.05) is 0 Å². The summed E-state index contributed by atoms with van der Waals surface area (Å²) in [4.78, 5) is 13.4. The molecular weight excluding hydrogens is 453 g/mol. The number of likely N-dealkylation sites (tertiary alicyclic amines) is 1. The zero-order valence-electron chi connectivity index (χ0n) is 17.0. The molecule has 0 spiro atoms. The number of rotatable bonds is 7. The molecule has 0 aliphatic carbocycles. The second-order valence-electron chi connectivity index (χ2n) is 7.89. The number of halogens is 4. The van der Waals surface area contributed by atoms with E-state index in [1.165, 1.54) is 4.90 Å². The lowest BCUT2D eigenvalue weighted by atomic mass is 10.0. The lowest BCUT2D eigenvalue weighted by Crippen LogP contribution is -2.49. The van der Waals surface area contributed by atoms with E-state index in [0.29, 0.717) is 35.4 Å². The van der Waals surface area contributed by atoms with E-state index < -0.39 is 18.8 Å². The summed E-state index contributed by atoms with van der Waals surface area (Å²) in [5.74, 6) is 0.724. The van der Waals surface area contributed by atoms with Crippen molar-refractivity contribution >= 4 is 17.5 Å². The highest BCUT2D eigenvalue weighted by atomic mass is 35.5. The number of benzene rings is 1. The van der Waals surface area contributed by atoms with Crippen molar-refractivity contribution in [3.8, 4) is 5.75 Å². The minimum absolute atomic E-state index is 0.124. The molecule has 32 heavy (non-hydrogen) atoms. The van der Waals surface area contributed by atoms with Gasteiger partial charge in [-0.25, -0.2) is 0 Å². The van der Waals surface area contributed by atoms with Crippen LogP contribution in [0.25, 0.3) is 0 Å². The molecule has 0 unspecified atom stereocenters. The molecule has 1 amide bonds. The number of ether oxygens (including phenoxy) is 2. The topological polar surface area (TPSA) is 89.7 Å². The number of carbonyl (C=O) groups is 1. The lowest BCUT2D eigenvalue weighted by Gasteiger charge is -2.37. The van der Waals surface area contributed by atoms with Crippen molar-refractivity contribution in [3.63, 3.8) is 0 Å². The van der Waals surface area contributed by atoms with Crippen molar-refractivity contribution in [2.24, 2.45) is 0 Å². The Hall–Kier alpha value is -2.37. The number of aromatic nitrogens is 2. The maximum Gasteiger partial charge on any atom is 0.401 e. The molecule has 2 aromatic rings. The number of nitrogens with one attached hydrogen (secondary N) is 1. The zero-order chi connectivity index (χ0) is 22.7. The molecule has 3 heterocycles. The molecule has 0 bridgehead atoms. The van der Waals surface area contributed by atoms with Crippen molar-refractivity contribution in [1.82, 2.24) is 20.4 Å². The second kappa shape index (κ2) is 9.63. The summed E-state index contributed by atoms with van der Waals surface area (Å²) >= 11 is 5.81. The maximum absolute atomic E-state index is 12.4. The number of nitrogens with zero attached hydrogens (tertiary/aromatic N) is 3. The molecule has 2 fully saturated rings. The normalized spacial score (nSPS) is 22.4. The van der Waals surface area contributed by atoms with Crippen LogP contribution in [0.5, 0.6) is 5.75 Å². The van der Waals surface area contributed by atoms with E-state index in [0.717, 1.165) is 0 Å². The van der Waals surface area contributed by atoms with Gasteiger partial charge in [-0.2, -0.15) is 13.2 Å². The van der Waals surface area contributed by atoms with Crippen molar-refractivity contribution in [2.45, 2.75) is 37.1 Å². The third-order valence-corrected chi connectivity index (χ3v) is 5.52. The van der Waals surface area contributed by atoms with Crippen LogP contribution in [0.3, 0.4) is 0 Å². The minimum atomic E-state index is -4.21. The molecule has 1 aromatic heterocycles. The van der Waals surface area contributed by atoms with Gasteiger partial charge in [0.1, 0.15) is 11.9 Å². The Labute approximate surface area is 187 Å². The lowest BCUT2D eigenvalue weighted by molar-refractivity contribution is -0.155. The molecule has 1 aromatic carbocycles. The van der Waals surface area contributed by atoms with Crippen LogP contribution in [-0.4, -0.2) is 66.1 Å². The number of amides is 1. The van der Waals surface area contributed by atoms with Gasteiger partial charge in [0.2, 0.25) is 11.8 Å². The Morgan fingerprint density at radius 2 is 1.91 bits per heavy atom. The molecule has 2 aliphatic heterocycles. The maximum atomic E-state index is 12.4. The van der Waals surface area contributed by atoms with Gasteiger partial charge in [0.15, 0.2) is 6.61 Å². The predicted molar refractivity (Wildman–Crippen MR) is 106 cm³/mol. The summed E-state index contributed by atoms with van der Waals surface area (Å²) in [5, 5.41) is 11.4. The van der Waals surface area contributed by atoms with E-state index in [4.69, 9.17) is 25.5 Å². The highest BCUT2D eigenvalue weighted by Gasteiger charge is 2.40. The summed E-state index contributed by atoms with van der Waals surface area (Å²) in [6.07, 6.45) is -3.40. The molecule has 0 saturated carbocycles. The number of hydrogen-bond donors (Lipinski definition) is 1. The van der Waals surface area contributed by atoms with E-state index in [2.05, 4.69) is 15.5 Å². The molecular formula is C20H22ClF3N4O4. The Morgan fingerprint density at radius 3 is 2.56 bits per heavy atom. The Morgan fingerprint density at radius 1 is 1.19 bits per heavy atom. The standard InChI is InChI=1S/C20H22ClF3N4O4/c21-13-1-4-15(5-2-13)30-10-17(29)25-14-3-6-16(31-9-14)19-27-26-18(32-19)12-7-28(8-12)11-20(22,23)24/h1-2,4-5,12,14,16H,3,6-11H2,(H,25,29)/t14-,16+/m0/s1. The fourth-order valence-electron chi connectivity index (χ4n) is 3.66. The molecule has 0 radical (unpaired) electrons. The molecule has 2 atom stereocenters. The molecule has 2 saturated heterocycles. The quantitative estimate of drug-likeness (QED) is 0.659. The first kappa shape index (κ1) is 22.8. The van der Waals surface area contributed by atoms with E-state index in [-0.39, 0.29) is 44.2 Å². The van der Waals surface area contributed by atoms with Crippen molar-refractivity contribution in [3.05, 3.63) is 41.1 Å². The first-order valence-corrected chi connectivity index (χ1v) is 10.5. The average Bonchev–Trinajstić information content (AvgIpc) is 3.19. The van der Waals surface area contributed by atoms with E-state index >= 15 is 0 Å². The van der Waals surface area contributed by atoms with Crippen molar-refractivity contribution < 1.29 is 31.9 Å². The SMILES string of the molecule is O=C(COc1ccc(Cl)cc1)N[C@H]1CC[C@H](c2nnc(C3CN(CC(F)(F)F)C3)o2)OC1. The van der Waals surface area contributed by atoms with Gasteiger partial charge in [-0.3, -0.25) is 9.69 Å². The number of carbonyl (C=O) groups excluding carboxylic acids is 1. The highest BCUT2D eigenvalue weighted by molar-refractivity contribution is 6.30. The molecule has 12 heteroatoms. The summed E-state index contributed by atoms with van der Waals surface area (Å²) in [7, 11) is 0. The van der Waals surface area contributed by atoms with Crippen LogP contribution in [0.4, 0.5) is 13.2 Å². The van der Waals surface area contributed by atoms with E-state index in [9.17, 15) is 18.0 Å². The van der Waals surface area contributed by atoms with Gasteiger partial charge < -0.3 is 19.2 Å². The predicted octanol–water partition coefficient (Wildman–Crippen LogP) is 3.10.